The summed E-state index contributed by atoms with van der Waals surface area (Å²) in [7, 11) is 0. The van der Waals surface area contributed by atoms with Crippen LogP contribution in [0.5, 0.6) is 0 Å². The van der Waals surface area contributed by atoms with Crippen LogP contribution in [0.4, 0.5) is 4.79 Å². The maximum absolute atomic E-state index is 11.1. The summed E-state index contributed by atoms with van der Waals surface area (Å²) in [6.07, 6.45) is -0.576. The van der Waals surface area contributed by atoms with Gasteiger partial charge in [-0.2, -0.15) is 5.26 Å². The fourth-order valence-electron chi connectivity index (χ4n) is 1.13. The molecule has 0 fully saturated rings. The van der Waals surface area contributed by atoms with Crippen molar-refractivity contribution in [2.75, 3.05) is 6.61 Å². The van der Waals surface area contributed by atoms with E-state index in [1.807, 2.05) is 24.3 Å². The van der Waals surface area contributed by atoms with E-state index in [0.29, 0.717) is 6.61 Å². The number of ether oxygens (including phenoxy) is 1. The number of rotatable bonds is 3. The fraction of sp³-hybridized carbons (Fsp3) is 0.273. The SMILES string of the molecule is CCOC(=O)NC(C#N)c1ccccc1. The lowest BCUT2D eigenvalue weighted by Gasteiger charge is -2.11. The Labute approximate surface area is 88.5 Å². The maximum atomic E-state index is 11.1. The van der Waals surface area contributed by atoms with Gasteiger partial charge in [0.25, 0.3) is 0 Å². The second-order valence-corrected chi connectivity index (χ2v) is 2.84. The molecule has 4 nitrogen and oxygen atoms in total. The average molecular weight is 204 g/mol. The predicted molar refractivity (Wildman–Crippen MR) is 55.0 cm³/mol. The van der Waals surface area contributed by atoms with Crippen LogP contribution in [0.1, 0.15) is 18.5 Å². The number of nitriles is 1. The summed E-state index contributed by atoms with van der Waals surface area (Å²) in [6, 6.07) is 10.4. The number of carbonyl (C=O) groups is 1. The largest absolute Gasteiger partial charge is 0.450 e. The molecule has 15 heavy (non-hydrogen) atoms. The Balaban J connectivity index is 2.66. The number of nitrogens with zero attached hydrogens (tertiary/aromatic N) is 1. The second kappa shape index (κ2) is 5.66. The molecule has 1 amide bonds. The topological polar surface area (TPSA) is 62.1 Å². The zero-order chi connectivity index (χ0) is 11.1. The zero-order valence-corrected chi connectivity index (χ0v) is 8.43. The first-order valence-corrected chi connectivity index (χ1v) is 4.65. The van der Waals surface area contributed by atoms with Gasteiger partial charge in [-0.1, -0.05) is 30.3 Å². The molecule has 0 spiro atoms. The van der Waals surface area contributed by atoms with Gasteiger partial charge in [0.2, 0.25) is 0 Å². The zero-order valence-electron chi connectivity index (χ0n) is 8.43. The van der Waals surface area contributed by atoms with E-state index in [9.17, 15) is 4.79 Å². The average Bonchev–Trinajstić information content (AvgIpc) is 2.27. The van der Waals surface area contributed by atoms with Crippen LogP contribution in [-0.2, 0) is 4.74 Å². The molecule has 0 heterocycles. The van der Waals surface area contributed by atoms with Crippen LogP contribution >= 0.6 is 0 Å². The molecule has 0 aliphatic rings. The second-order valence-electron chi connectivity index (χ2n) is 2.84. The van der Waals surface area contributed by atoms with Gasteiger partial charge in [0.05, 0.1) is 12.7 Å². The summed E-state index contributed by atoms with van der Waals surface area (Å²) in [6.45, 7) is 2.00. The smallest absolute Gasteiger partial charge is 0.408 e. The van der Waals surface area contributed by atoms with Crippen LogP contribution in [0.2, 0.25) is 0 Å². The molecule has 0 saturated carbocycles. The van der Waals surface area contributed by atoms with Crippen molar-refractivity contribution in [1.82, 2.24) is 5.32 Å². The molecule has 1 rings (SSSR count). The first-order valence-electron chi connectivity index (χ1n) is 4.65. The van der Waals surface area contributed by atoms with Crippen molar-refractivity contribution in [3.63, 3.8) is 0 Å². The standard InChI is InChI=1S/C11H12N2O2/c1-2-15-11(14)13-10(8-12)9-6-4-3-5-7-9/h3-7,10H,2H2,1H3,(H,13,14). The van der Waals surface area contributed by atoms with Crippen molar-refractivity contribution in [3.8, 4) is 6.07 Å². The van der Waals surface area contributed by atoms with Crippen LogP contribution in [0.15, 0.2) is 30.3 Å². The minimum Gasteiger partial charge on any atom is -0.450 e. The van der Waals surface area contributed by atoms with Crippen molar-refractivity contribution in [3.05, 3.63) is 35.9 Å². The minimum atomic E-state index is -0.662. The van der Waals surface area contributed by atoms with Crippen LogP contribution in [0, 0.1) is 11.3 Å². The van der Waals surface area contributed by atoms with Crippen molar-refractivity contribution >= 4 is 6.09 Å². The maximum Gasteiger partial charge on any atom is 0.408 e. The summed E-state index contributed by atoms with van der Waals surface area (Å²) in [5, 5.41) is 11.3. The molecule has 1 atom stereocenters. The molecule has 1 unspecified atom stereocenters. The molecule has 0 bridgehead atoms. The van der Waals surface area contributed by atoms with Gasteiger partial charge < -0.3 is 10.1 Å². The van der Waals surface area contributed by atoms with E-state index in [-0.39, 0.29) is 0 Å². The number of hydrogen-bond acceptors (Lipinski definition) is 3. The van der Waals surface area contributed by atoms with E-state index < -0.39 is 12.1 Å². The first-order chi connectivity index (χ1) is 7.27. The van der Waals surface area contributed by atoms with Crippen LogP contribution in [-0.4, -0.2) is 12.7 Å². The Kier molecular flexibility index (Phi) is 4.17. The quantitative estimate of drug-likeness (QED) is 0.819. The lowest BCUT2D eigenvalue weighted by Crippen LogP contribution is -2.28. The number of benzene rings is 1. The van der Waals surface area contributed by atoms with Gasteiger partial charge in [0, 0.05) is 0 Å². The molecule has 4 heteroatoms. The van der Waals surface area contributed by atoms with Gasteiger partial charge in [-0.05, 0) is 12.5 Å². The third-order valence-electron chi connectivity index (χ3n) is 1.80. The summed E-state index contributed by atoms with van der Waals surface area (Å²) in [5.41, 5.74) is 0.744. The lowest BCUT2D eigenvalue weighted by atomic mass is 10.1. The molecular weight excluding hydrogens is 192 g/mol. The third kappa shape index (κ3) is 3.31. The Morgan fingerprint density at radius 1 is 1.53 bits per heavy atom. The summed E-state index contributed by atoms with van der Waals surface area (Å²) >= 11 is 0. The fourth-order valence-corrected chi connectivity index (χ4v) is 1.13. The molecule has 0 aliphatic heterocycles. The normalized spacial score (nSPS) is 11.2. The van der Waals surface area contributed by atoms with Gasteiger partial charge in [-0.15, -0.1) is 0 Å². The Morgan fingerprint density at radius 3 is 2.73 bits per heavy atom. The van der Waals surface area contributed by atoms with E-state index >= 15 is 0 Å². The van der Waals surface area contributed by atoms with Gasteiger partial charge in [0.1, 0.15) is 6.04 Å². The molecule has 0 saturated heterocycles. The summed E-state index contributed by atoms with van der Waals surface area (Å²) in [4.78, 5) is 11.1. The van der Waals surface area contributed by atoms with E-state index in [1.54, 1.807) is 19.1 Å². The molecule has 1 aromatic carbocycles. The molecule has 1 N–H and O–H groups in total. The Morgan fingerprint density at radius 2 is 2.20 bits per heavy atom. The highest BCUT2D eigenvalue weighted by Gasteiger charge is 2.13. The van der Waals surface area contributed by atoms with Crippen LogP contribution in [0.3, 0.4) is 0 Å². The van der Waals surface area contributed by atoms with Crippen LogP contribution in [0.25, 0.3) is 0 Å². The van der Waals surface area contributed by atoms with Crippen molar-refractivity contribution in [2.24, 2.45) is 0 Å². The first kappa shape index (κ1) is 11.1. The highest BCUT2D eigenvalue weighted by Crippen LogP contribution is 2.10. The van der Waals surface area contributed by atoms with E-state index in [4.69, 9.17) is 10.00 Å². The molecule has 0 aliphatic carbocycles. The van der Waals surface area contributed by atoms with E-state index in [0.717, 1.165) is 5.56 Å². The van der Waals surface area contributed by atoms with Gasteiger partial charge in [0.15, 0.2) is 0 Å². The molecule has 0 radical (unpaired) electrons. The molecule has 0 aromatic heterocycles. The van der Waals surface area contributed by atoms with Gasteiger partial charge in [-0.25, -0.2) is 4.79 Å². The lowest BCUT2D eigenvalue weighted by molar-refractivity contribution is 0.150. The number of carbonyl (C=O) groups excluding carboxylic acids is 1. The Hall–Kier alpha value is -2.02. The number of hydrogen-bond donors (Lipinski definition) is 1. The van der Waals surface area contributed by atoms with Crippen molar-refractivity contribution in [1.29, 1.82) is 5.26 Å². The summed E-state index contributed by atoms with van der Waals surface area (Å²) < 4.78 is 4.69. The Bertz CT molecular complexity index is 357. The number of amides is 1. The minimum absolute atomic E-state index is 0.290. The van der Waals surface area contributed by atoms with Gasteiger partial charge in [-0.3, -0.25) is 0 Å². The van der Waals surface area contributed by atoms with E-state index in [2.05, 4.69) is 5.32 Å². The predicted octanol–water partition coefficient (Wildman–Crippen LogP) is 2.00. The molecule has 1 aromatic rings. The highest BCUT2D eigenvalue weighted by atomic mass is 16.5. The van der Waals surface area contributed by atoms with E-state index in [1.165, 1.54) is 0 Å². The highest BCUT2D eigenvalue weighted by molar-refractivity contribution is 5.68. The van der Waals surface area contributed by atoms with Crippen molar-refractivity contribution in [2.45, 2.75) is 13.0 Å². The van der Waals surface area contributed by atoms with Crippen LogP contribution < -0.4 is 5.32 Å². The monoisotopic (exact) mass is 204 g/mol. The molecule has 78 valence electrons. The summed E-state index contributed by atoms with van der Waals surface area (Å²) in [5.74, 6) is 0. The van der Waals surface area contributed by atoms with Gasteiger partial charge >= 0.3 is 6.09 Å². The molecular formula is C11H12N2O2. The van der Waals surface area contributed by atoms with Crippen molar-refractivity contribution < 1.29 is 9.53 Å². The number of alkyl carbamates (subject to hydrolysis) is 1. The number of nitrogens with one attached hydrogen (secondary N) is 1. The third-order valence-corrected chi connectivity index (χ3v) is 1.80.